The van der Waals surface area contributed by atoms with Gasteiger partial charge in [0.15, 0.2) is 5.65 Å². The highest BCUT2D eigenvalue weighted by molar-refractivity contribution is 5.97. The number of fused-ring (bicyclic) bond motifs is 2. The van der Waals surface area contributed by atoms with Gasteiger partial charge in [0.25, 0.3) is 0 Å². The second-order valence-corrected chi connectivity index (χ2v) is 7.66. The molecule has 0 amide bonds. The van der Waals surface area contributed by atoms with Gasteiger partial charge in [-0.1, -0.05) is 18.2 Å². The van der Waals surface area contributed by atoms with Crippen LogP contribution in [0.4, 0.5) is 0 Å². The molecular formula is C24H20N6O. The van der Waals surface area contributed by atoms with Gasteiger partial charge in [0.2, 0.25) is 0 Å². The molecule has 5 heterocycles. The van der Waals surface area contributed by atoms with E-state index in [-0.39, 0.29) is 6.10 Å². The summed E-state index contributed by atoms with van der Waals surface area (Å²) in [5.74, 6) is 0.789. The summed E-state index contributed by atoms with van der Waals surface area (Å²) in [4.78, 5) is 13.7. The number of hydrogen-bond donors (Lipinski definition) is 1. The quantitative estimate of drug-likeness (QED) is 0.488. The van der Waals surface area contributed by atoms with Crippen LogP contribution in [0.25, 0.3) is 38.9 Å². The van der Waals surface area contributed by atoms with Gasteiger partial charge < -0.3 is 10.1 Å². The maximum Gasteiger partial charge on any atom is 0.162 e. The Morgan fingerprint density at radius 3 is 2.81 bits per heavy atom. The predicted molar refractivity (Wildman–Crippen MR) is 119 cm³/mol. The molecule has 7 heteroatoms. The first-order chi connectivity index (χ1) is 15.3. The normalized spacial score (nSPS) is 16.2. The molecule has 0 saturated carbocycles. The molecule has 7 nitrogen and oxygen atoms in total. The molecule has 0 bridgehead atoms. The van der Waals surface area contributed by atoms with Crippen molar-refractivity contribution in [3.05, 3.63) is 73.4 Å². The molecular weight excluding hydrogens is 388 g/mol. The van der Waals surface area contributed by atoms with Crippen molar-refractivity contribution in [3.8, 4) is 28.1 Å². The molecule has 1 aliphatic heterocycles. The second-order valence-electron chi connectivity index (χ2n) is 7.66. The lowest BCUT2D eigenvalue weighted by Gasteiger charge is -2.12. The van der Waals surface area contributed by atoms with E-state index in [1.807, 2.05) is 48.9 Å². The zero-order chi connectivity index (χ0) is 20.6. The lowest BCUT2D eigenvalue weighted by Crippen LogP contribution is -2.19. The first-order valence-electron chi connectivity index (χ1n) is 10.4. The third-order valence-corrected chi connectivity index (χ3v) is 5.64. The van der Waals surface area contributed by atoms with Crippen LogP contribution in [-0.2, 0) is 0 Å². The van der Waals surface area contributed by atoms with E-state index in [1.165, 1.54) is 0 Å². The van der Waals surface area contributed by atoms with E-state index in [4.69, 9.17) is 9.72 Å². The van der Waals surface area contributed by atoms with Gasteiger partial charge in [0.05, 0.1) is 23.6 Å². The summed E-state index contributed by atoms with van der Waals surface area (Å²) >= 11 is 0. The minimum Gasteiger partial charge on any atom is -0.487 e. The van der Waals surface area contributed by atoms with Gasteiger partial charge in [-0.2, -0.15) is 5.10 Å². The van der Waals surface area contributed by atoms with E-state index >= 15 is 0 Å². The Bertz CT molecular complexity index is 1370. The molecule has 0 spiro atoms. The zero-order valence-corrected chi connectivity index (χ0v) is 16.8. The fourth-order valence-electron chi connectivity index (χ4n) is 4.08. The number of rotatable bonds is 4. The van der Waals surface area contributed by atoms with Gasteiger partial charge in [-0.25, -0.2) is 9.50 Å². The molecule has 31 heavy (non-hydrogen) atoms. The Balaban J connectivity index is 1.33. The molecule has 0 aliphatic carbocycles. The highest BCUT2D eigenvalue weighted by atomic mass is 16.5. The lowest BCUT2D eigenvalue weighted by atomic mass is 10.0. The van der Waals surface area contributed by atoms with E-state index in [0.29, 0.717) is 0 Å². The third-order valence-electron chi connectivity index (χ3n) is 5.64. The highest BCUT2D eigenvalue weighted by Crippen LogP contribution is 2.30. The average molecular weight is 408 g/mol. The Kier molecular flexibility index (Phi) is 4.32. The molecule has 0 unspecified atom stereocenters. The number of pyridine rings is 2. The molecule has 6 rings (SSSR count). The molecule has 1 fully saturated rings. The van der Waals surface area contributed by atoms with Crippen molar-refractivity contribution in [1.82, 2.24) is 29.9 Å². The SMILES string of the molecule is c1cc(-c2cnn3cc(-c4ccc(O[C@@H]5CCNC5)cn4)cnc23)c2cccnc2c1. The molecule has 152 valence electrons. The van der Waals surface area contributed by atoms with Crippen molar-refractivity contribution in [1.29, 1.82) is 0 Å². The van der Waals surface area contributed by atoms with Gasteiger partial charge >= 0.3 is 0 Å². The predicted octanol–water partition coefficient (Wildman–Crippen LogP) is 3.75. The van der Waals surface area contributed by atoms with Crippen molar-refractivity contribution in [3.63, 3.8) is 0 Å². The van der Waals surface area contributed by atoms with Crippen molar-refractivity contribution < 1.29 is 4.74 Å². The maximum absolute atomic E-state index is 5.96. The Morgan fingerprint density at radius 1 is 0.935 bits per heavy atom. The van der Waals surface area contributed by atoms with Crippen LogP contribution in [0.5, 0.6) is 5.75 Å². The molecule has 5 aromatic rings. The number of nitrogens with one attached hydrogen (secondary N) is 1. The first kappa shape index (κ1) is 18.0. The first-order valence-corrected chi connectivity index (χ1v) is 10.4. The molecule has 1 saturated heterocycles. The van der Waals surface area contributed by atoms with Gasteiger partial charge in [-0.3, -0.25) is 9.97 Å². The van der Waals surface area contributed by atoms with E-state index in [1.54, 1.807) is 16.9 Å². The summed E-state index contributed by atoms with van der Waals surface area (Å²) in [5.41, 5.74) is 5.53. The topological polar surface area (TPSA) is 77.2 Å². The van der Waals surface area contributed by atoms with Gasteiger partial charge in [-0.15, -0.1) is 0 Å². The number of nitrogens with zero attached hydrogens (tertiary/aromatic N) is 5. The maximum atomic E-state index is 5.96. The standard InChI is InChI=1S/C24H20N6O/c1-3-19(20-4-2-9-26-23(20)5-1)21-14-29-30-15-16(11-28-24(21)30)22-7-6-17(13-27-22)31-18-8-10-25-12-18/h1-7,9,11,13-15,18,25H,8,10,12H2/t18-/m1/s1. The molecule has 4 aromatic heterocycles. The van der Waals surface area contributed by atoms with Crippen LogP contribution in [0.2, 0.25) is 0 Å². The van der Waals surface area contributed by atoms with Crippen LogP contribution in [0.15, 0.2) is 73.4 Å². The summed E-state index contributed by atoms with van der Waals surface area (Å²) in [6, 6.07) is 14.0. The number of hydrogen-bond acceptors (Lipinski definition) is 6. The zero-order valence-electron chi connectivity index (χ0n) is 16.8. The van der Waals surface area contributed by atoms with Gasteiger partial charge in [0, 0.05) is 41.6 Å². The fourth-order valence-corrected chi connectivity index (χ4v) is 4.08. The monoisotopic (exact) mass is 408 g/mol. The number of benzene rings is 1. The van der Waals surface area contributed by atoms with E-state index in [9.17, 15) is 0 Å². The Hall–Kier alpha value is -3.84. The number of aromatic nitrogens is 5. The largest absolute Gasteiger partial charge is 0.487 e. The van der Waals surface area contributed by atoms with Crippen LogP contribution < -0.4 is 10.1 Å². The summed E-state index contributed by atoms with van der Waals surface area (Å²) in [5, 5.41) is 8.94. The van der Waals surface area contributed by atoms with Gasteiger partial charge in [0.1, 0.15) is 11.9 Å². The van der Waals surface area contributed by atoms with Crippen molar-refractivity contribution in [2.24, 2.45) is 0 Å². The van der Waals surface area contributed by atoms with Crippen molar-refractivity contribution in [2.45, 2.75) is 12.5 Å². The molecule has 1 N–H and O–H groups in total. The molecule has 1 aromatic carbocycles. The van der Waals surface area contributed by atoms with Crippen LogP contribution in [0.3, 0.4) is 0 Å². The molecule has 0 radical (unpaired) electrons. The van der Waals surface area contributed by atoms with Crippen molar-refractivity contribution in [2.75, 3.05) is 13.1 Å². The highest BCUT2D eigenvalue weighted by Gasteiger charge is 2.16. The Morgan fingerprint density at radius 2 is 1.94 bits per heavy atom. The van der Waals surface area contributed by atoms with Crippen LogP contribution >= 0.6 is 0 Å². The van der Waals surface area contributed by atoms with Crippen LogP contribution in [0, 0.1) is 0 Å². The number of ether oxygens (including phenoxy) is 1. The summed E-state index contributed by atoms with van der Waals surface area (Å²) in [6.07, 6.45) is 10.5. The average Bonchev–Trinajstić information content (AvgIpc) is 3.49. The van der Waals surface area contributed by atoms with Crippen LogP contribution in [0.1, 0.15) is 6.42 Å². The van der Waals surface area contributed by atoms with Crippen LogP contribution in [-0.4, -0.2) is 43.8 Å². The minimum atomic E-state index is 0.220. The van der Waals surface area contributed by atoms with Gasteiger partial charge in [-0.05, 0) is 42.8 Å². The van der Waals surface area contributed by atoms with E-state index < -0.39 is 0 Å². The van der Waals surface area contributed by atoms with E-state index in [2.05, 4.69) is 32.5 Å². The Labute approximate surface area is 178 Å². The smallest absolute Gasteiger partial charge is 0.162 e. The molecule has 1 aliphatic rings. The van der Waals surface area contributed by atoms with Crippen molar-refractivity contribution >= 4 is 16.6 Å². The minimum absolute atomic E-state index is 0.220. The summed E-state index contributed by atoms with van der Waals surface area (Å²) < 4.78 is 7.76. The summed E-state index contributed by atoms with van der Waals surface area (Å²) in [6.45, 7) is 1.89. The van der Waals surface area contributed by atoms with E-state index in [0.717, 1.165) is 64.2 Å². The summed E-state index contributed by atoms with van der Waals surface area (Å²) in [7, 11) is 0. The second kappa shape index (κ2) is 7.45. The fraction of sp³-hybridized carbons (Fsp3) is 0.167. The third kappa shape index (κ3) is 3.29. The lowest BCUT2D eigenvalue weighted by molar-refractivity contribution is 0.222. The molecule has 1 atom stereocenters.